The van der Waals surface area contributed by atoms with Gasteiger partial charge in [0.25, 0.3) is 0 Å². The lowest BCUT2D eigenvalue weighted by molar-refractivity contribution is 0.661. The smallest absolute Gasteiger partial charge is 0.235 e. The van der Waals surface area contributed by atoms with Crippen molar-refractivity contribution < 1.29 is 0 Å². The molecule has 1 aliphatic rings. The molecule has 2 heterocycles. The molecule has 0 saturated heterocycles. The van der Waals surface area contributed by atoms with Gasteiger partial charge in [0, 0.05) is 38.7 Å². The standard InChI is InChI=1S/C61H44N4/c1-61(2)54-33-14-12-31-50(54)52-38-53-51-32-13-15-34-58(51)65(59(53)39-55(52)61)49-30-18-29-48(37-49)64(47-28-17-26-45(36-47)42-21-8-4-9-22-42)60-62-56(43-23-10-5-11-24-43)40-57(63-60)46-27-16-25-44(35-46)41-19-6-3-7-20-41/h3-40H,1-2H3. The van der Waals surface area contributed by atoms with Crippen molar-refractivity contribution in [2.24, 2.45) is 0 Å². The van der Waals surface area contributed by atoms with Crippen LogP contribution in [0.15, 0.2) is 231 Å². The van der Waals surface area contributed by atoms with Crippen LogP contribution >= 0.6 is 0 Å². The number of hydrogen-bond donors (Lipinski definition) is 0. The van der Waals surface area contributed by atoms with E-state index >= 15 is 0 Å². The van der Waals surface area contributed by atoms with Gasteiger partial charge in [-0.1, -0.05) is 184 Å². The second-order valence-corrected chi connectivity index (χ2v) is 17.5. The van der Waals surface area contributed by atoms with Gasteiger partial charge >= 0.3 is 0 Å². The summed E-state index contributed by atoms with van der Waals surface area (Å²) in [6, 6.07) is 82.4. The highest BCUT2D eigenvalue weighted by molar-refractivity contribution is 6.11. The molecule has 0 N–H and O–H groups in total. The van der Waals surface area contributed by atoms with Crippen molar-refractivity contribution >= 4 is 39.1 Å². The van der Waals surface area contributed by atoms with Crippen molar-refractivity contribution in [3.05, 3.63) is 242 Å². The molecule has 0 fully saturated rings. The van der Waals surface area contributed by atoms with Crippen LogP contribution in [0.2, 0.25) is 0 Å². The fourth-order valence-corrected chi connectivity index (χ4v) is 9.98. The Morgan fingerprint density at radius 3 is 1.66 bits per heavy atom. The summed E-state index contributed by atoms with van der Waals surface area (Å²) in [4.78, 5) is 13.2. The van der Waals surface area contributed by atoms with Gasteiger partial charge in [-0.3, -0.25) is 4.90 Å². The van der Waals surface area contributed by atoms with Crippen LogP contribution < -0.4 is 4.90 Å². The monoisotopic (exact) mass is 832 g/mol. The predicted octanol–water partition coefficient (Wildman–Crippen LogP) is 16.0. The summed E-state index contributed by atoms with van der Waals surface area (Å²) >= 11 is 0. The van der Waals surface area contributed by atoms with Gasteiger partial charge in [-0.15, -0.1) is 0 Å². The average molecular weight is 833 g/mol. The largest absolute Gasteiger partial charge is 0.309 e. The summed E-state index contributed by atoms with van der Waals surface area (Å²) in [6.45, 7) is 4.71. The Hall–Kier alpha value is -8.34. The first kappa shape index (κ1) is 38.3. The SMILES string of the molecule is CC1(C)c2ccccc2-c2cc3c4ccccc4n(-c4cccc(N(c5cccc(-c6ccccc6)c5)c5nc(-c6ccccc6)cc(-c6cccc(-c7ccccc7)c6)n5)c4)c3cc21. The van der Waals surface area contributed by atoms with Crippen molar-refractivity contribution in [2.75, 3.05) is 4.90 Å². The molecule has 11 aromatic rings. The van der Waals surface area contributed by atoms with Crippen molar-refractivity contribution in [3.63, 3.8) is 0 Å². The molecule has 4 heteroatoms. The molecule has 1 aliphatic carbocycles. The molecule has 0 atom stereocenters. The van der Waals surface area contributed by atoms with E-state index in [-0.39, 0.29) is 5.41 Å². The molecular formula is C61H44N4. The fourth-order valence-electron chi connectivity index (χ4n) is 9.98. The normalized spacial score (nSPS) is 12.6. The zero-order valence-corrected chi connectivity index (χ0v) is 36.2. The minimum atomic E-state index is -0.136. The first-order chi connectivity index (χ1) is 32.0. The lowest BCUT2D eigenvalue weighted by Gasteiger charge is -2.26. The summed E-state index contributed by atoms with van der Waals surface area (Å²) in [5.74, 6) is 0.577. The molecule has 12 rings (SSSR count). The minimum Gasteiger partial charge on any atom is -0.309 e. The molecule has 9 aromatic carbocycles. The molecule has 65 heavy (non-hydrogen) atoms. The average Bonchev–Trinajstić information content (AvgIpc) is 3.81. The van der Waals surface area contributed by atoms with Crippen LogP contribution in [0.25, 0.3) is 83.4 Å². The third-order valence-corrected chi connectivity index (χ3v) is 13.2. The molecule has 2 aromatic heterocycles. The van der Waals surface area contributed by atoms with Gasteiger partial charge in [-0.25, -0.2) is 9.97 Å². The number of benzene rings is 9. The van der Waals surface area contributed by atoms with Gasteiger partial charge in [-0.2, -0.15) is 0 Å². The van der Waals surface area contributed by atoms with Crippen LogP contribution in [-0.4, -0.2) is 14.5 Å². The van der Waals surface area contributed by atoms with Crippen LogP contribution in [0.3, 0.4) is 0 Å². The van der Waals surface area contributed by atoms with Crippen LogP contribution in [0.1, 0.15) is 25.0 Å². The van der Waals surface area contributed by atoms with E-state index in [9.17, 15) is 0 Å². The summed E-state index contributed by atoms with van der Waals surface area (Å²) in [7, 11) is 0. The molecule has 0 amide bonds. The Balaban J connectivity index is 1.08. The summed E-state index contributed by atoms with van der Waals surface area (Å²) < 4.78 is 2.44. The number of fused-ring (bicyclic) bond motifs is 6. The first-order valence-corrected chi connectivity index (χ1v) is 22.3. The number of nitrogens with zero attached hydrogens (tertiary/aromatic N) is 4. The van der Waals surface area contributed by atoms with E-state index in [2.05, 4.69) is 248 Å². The topological polar surface area (TPSA) is 34.0 Å². The van der Waals surface area contributed by atoms with Gasteiger partial charge in [0.2, 0.25) is 5.95 Å². The molecule has 0 aliphatic heterocycles. The Morgan fingerprint density at radius 1 is 0.369 bits per heavy atom. The third kappa shape index (κ3) is 6.61. The Kier molecular flexibility index (Phi) is 9.13. The zero-order chi connectivity index (χ0) is 43.5. The zero-order valence-electron chi connectivity index (χ0n) is 36.2. The highest BCUT2D eigenvalue weighted by atomic mass is 15.3. The van der Waals surface area contributed by atoms with Crippen LogP contribution in [0.4, 0.5) is 17.3 Å². The van der Waals surface area contributed by atoms with Gasteiger partial charge in [-0.05, 0) is 105 Å². The van der Waals surface area contributed by atoms with Crippen LogP contribution in [0.5, 0.6) is 0 Å². The molecule has 308 valence electrons. The van der Waals surface area contributed by atoms with E-state index in [0.717, 1.165) is 67.3 Å². The molecule has 0 radical (unpaired) electrons. The Labute approximate surface area is 379 Å². The summed E-state index contributed by atoms with van der Waals surface area (Å²) in [5.41, 5.74) is 18.8. The lowest BCUT2D eigenvalue weighted by Crippen LogP contribution is -2.15. The van der Waals surface area contributed by atoms with Gasteiger partial charge in [0.1, 0.15) is 0 Å². The van der Waals surface area contributed by atoms with E-state index in [1.165, 1.54) is 38.5 Å². The van der Waals surface area contributed by atoms with Crippen LogP contribution in [0, 0.1) is 0 Å². The molecule has 0 unspecified atom stereocenters. The second-order valence-electron chi connectivity index (χ2n) is 17.5. The van der Waals surface area contributed by atoms with Crippen molar-refractivity contribution in [3.8, 4) is 61.6 Å². The van der Waals surface area contributed by atoms with Crippen molar-refractivity contribution in [1.29, 1.82) is 0 Å². The maximum atomic E-state index is 5.49. The van der Waals surface area contributed by atoms with E-state index in [0.29, 0.717) is 5.95 Å². The Bertz CT molecular complexity index is 3570. The van der Waals surface area contributed by atoms with Crippen molar-refractivity contribution in [2.45, 2.75) is 19.3 Å². The highest BCUT2D eigenvalue weighted by Gasteiger charge is 2.36. The van der Waals surface area contributed by atoms with Gasteiger partial charge < -0.3 is 4.57 Å². The quantitative estimate of drug-likeness (QED) is 0.153. The predicted molar refractivity (Wildman–Crippen MR) is 270 cm³/mol. The fraction of sp³-hybridized carbons (Fsp3) is 0.0492. The first-order valence-electron chi connectivity index (χ1n) is 22.3. The third-order valence-electron chi connectivity index (χ3n) is 13.2. The molecule has 4 nitrogen and oxygen atoms in total. The van der Waals surface area contributed by atoms with Crippen LogP contribution in [-0.2, 0) is 5.41 Å². The number of aromatic nitrogens is 3. The minimum absolute atomic E-state index is 0.136. The second kappa shape index (κ2) is 15.5. The number of para-hydroxylation sites is 1. The summed E-state index contributed by atoms with van der Waals surface area (Å²) in [5, 5.41) is 2.47. The molecule has 0 saturated carbocycles. The number of rotatable bonds is 8. The molecule has 0 bridgehead atoms. The van der Waals surface area contributed by atoms with E-state index in [1.807, 2.05) is 6.07 Å². The van der Waals surface area contributed by atoms with E-state index < -0.39 is 0 Å². The Morgan fingerprint density at radius 2 is 0.923 bits per heavy atom. The number of hydrogen-bond acceptors (Lipinski definition) is 3. The summed E-state index contributed by atoms with van der Waals surface area (Å²) in [6.07, 6.45) is 0. The number of anilines is 3. The maximum Gasteiger partial charge on any atom is 0.235 e. The molecular weight excluding hydrogens is 789 g/mol. The van der Waals surface area contributed by atoms with Crippen molar-refractivity contribution in [1.82, 2.24) is 14.5 Å². The maximum absolute atomic E-state index is 5.49. The highest BCUT2D eigenvalue weighted by Crippen LogP contribution is 2.51. The van der Waals surface area contributed by atoms with E-state index in [1.54, 1.807) is 0 Å². The van der Waals surface area contributed by atoms with E-state index in [4.69, 9.17) is 9.97 Å². The van der Waals surface area contributed by atoms with Gasteiger partial charge in [0.15, 0.2) is 0 Å². The molecule has 0 spiro atoms. The lowest BCUT2D eigenvalue weighted by atomic mass is 9.82. The van der Waals surface area contributed by atoms with Gasteiger partial charge in [0.05, 0.1) is 28.1 Å².